The Bertz CT molecular complexity index is 927. The molecule has 0 amide bonds. The molecule has 8 heteroatoms. The molecule has 0 spiro atoms. The Labute approximate surface area is 178 Å². The van der Waals surface area contributed by atoms with Crippen molar-refractivity contribution < 1.29 is 31.7 Å². The lowest BCUT2D eigenvalue weighted by Gasteiger charge is -2.20. The maximum atomic E-state index is 12.2. The number of nitrogens with one attached hydrogen (secondary N) is 2. The molecule has 0 bridgehead atoms. The van der Waals surface area contributed by atoms with E-state index in [0.29, 0.717) is 5.75 Å². The van der Waals surface area contributed by atoms with E-state index in [-0.39, 0.29) is 34.5 Å². The Morgan fingerprint density at radius 1 is 1.18 bits per heavy atom. The summed E-state index contributed by atoms with van der Waals surface area (Å²) in [6, 6.07) is 16.2. The first-order valence-corrected chi connectivity index (χ1v) is 9.47. The molecule has 6 nitrogen and oxygen atoms in total. The number of nitro benzene ring substituents is 1. The van der Waals surface area contributed by atoms with Crippen molar-refractivity contribution in [2.24, 2.45) is 0 Å². The lowest BCUT2D eigenvalue weighted by molar-refractivity contribution is -0.498. The van der Waals surface area contributed by atoms with Gasteiger partial charge in [0.05, 0.1) is 10.5 Å². The normalized spacial score (nSPS) is 15.9. The number of benzene rings is 2. The fourth-order valence-electron chi connectivity index (χ4n) is 3.00. The molecule has 0 fully saturated rings. The number of halogens is 1. The third-order valence-electron chi connectivity index (χ3n) is 4.31. The van der Waals surface area contributed by atoms with E-state index in [1.165, 1.54) is 12.1 Å². The van der Waals surface area contributed by atoms with Crippen molar-refractivity contribution in [3.8, 4) is 0 Å². The Morgan fingerprint density at radius 2 is 1.82 bits per heavy atom. The highest BCUT2D eigenvalue weighted by Gasteiger charge is 2.31. The highest BCUT2D eigenvalue weighted by atomic mass is 79.9. The van der Waals surface area contributed by atoms with E-state index in [9.17, 15) is 14.9 Å². The van der Waals surface area contributed by atoms with Gasteiger partial charge in [0.15, 0.2) is 11.8 Å². The van der Waals surface area contributed by atoms with Gasteiger partial charge in [0, 0.05) is 23.4 Å². The summed E-state index contributed by atoms with van der Waals surface area (Å²) in [7, 11) is 0. The second-order valence-electron chi connectivity index (χ2n) is 6.25. The number of carbonyl (C=O) groups is 1. The first-order chi connectivity index (χ1) is 13.0. The van der Waals surface area contributed by atoms with Crippen molar-refractivity contribution >= 4 is 28.4 Å². The van der Waals surface area contributed by atoms with Crippen LogP contribution in [0.1, 0.15) is 31.0 Å². The van der Waals surface area contributed by atoms with Crippen molar-refractivity contribution in [2.45, 2.75) is 25.6 Å². The van der Waals surface area contributed by atoms with E-state index in [0.717, 1.165) is 27.6 Å². The number of thioether (sulfide) groups is 1. The van der Waals surface area contributed by atoms with Crippen LogP contribution in [0.5, 0.6) is 0 Å². The maximum Gasteiger partial charge on any atom is 0.310 e. The molecule has 2 aromatic carbocycles. The van der Waals surface area contributed by atoms with Gasteiger partial charge < -0.3 is 17.0 Å². The molecule has 1 aliphatic rings. The van der Waals surface area contributed by atoms with Gasteiger partial charge in [-0.05, 0) is 31.2 Å². The third-order valence-corrected chi connectivity index (χ3v) is 5.30. The van der Waals surface area contributed by atoms with Crippen LogP contribution in [0.4, 0.5) is 5.69 Å². The van der Waals surface area contributed by atoms with E-state index in [2.05, 4.69) is 10.3 Å². The number of non-ortho nitro benzene ring substituents is 1. The number of nitrogens with zero attached hydrogens (tertiary/aromatic N) is 1. The van der Waals surface area contributed by atoms with Crippen molar-refractivity contribution in [1.29, 1.82) is 0 Å². The van der Waals surface area contributed by atoms with Crippen LogP contribution in [0.15, 0.2) is 65.9 Å². The number of ketones is 1. The summed E-state index contributed by atoms with van der Waals surface area (Å²) in [5.41, 5.74) is 3.65. The largest absolute Gasteiger partial charge is 1.00 e. The SMILES string of the molecule is CC(=O)C1=C(C)NC(SCc2ccc([N+](=O)[O-])cc2)=[NH+]C1c1ccccc1.[Br-]. The molecule has 1 heterocycles. The fourth-order valence-corrected chi connectivity index (χ4v) is 3.93. The second-order valence-corrected chi connectivity index (χ2v) is 7.23. The van der Waals surface area contributed by atoms with Gasteiger partial charge >= 0.3 is 5.17 Å². The van der Waals surface area contributed by atoms with Gasteiger partial charge in [0.2, 0.25) is 0 Å². The maximum absolute atomic E-state index is 12.2. The zero-order valence-corrected chi connectivity index (χ0v) is 17.8. The molecule has 28 heavy (non-hydrogen) atoms. The molecule has 0 radical (unpaired) electrons. The van der Waals surface area contributed by atoms with Gasteiger partial charge in [-0.3, -0.25) is 19.9 Å². The molecule has 0 saturated heterocycles. The molecule has 0 saturated carbocycles. The van der Waals surface area contributed by atoms with E-state index >= 15 is 0 Å². The highest BCUT2D eigenvalue weighted by Crippen LogP contribution is 2.24. The highest BCUT2D eigenvalue weighted by molar-refractivity contribution is 8.12. The number of Topliss-reactive ketones (excluding diaryl/α,β-unsaturated/α-hetero) is 1. The molecule has 0 aliphatic carbocycles. The van der Waals surface area contributed by atoms with Crippen LogP contribution in [-0.2, 0) is 10.5 Å². The van der Waals surface area contributed by atoms with Crippen LogP contribution >= 0.6 is 11.8 Å². The zero-order valence-electron chi connectivity index (χ0n) is 15.4. The number of carbonyl (C=O) groups excluding carboxylic acids is 1. The molecule has 1 unspecified atom stereocenters. The summed E-state index contributed by atoms with van der Waals surface area (Å²) >= 11 is 1.56. The van der Waals surface area contributed by atoms with Crippen molar-refractivity contribution in [3.63, 3.8) is 0 Å². The Hall–Kier alpha value is -2.45. The first-order valence-electron chi connectivity index (χ1n) is 8.49. The quantitative estimate of drug-likeness (QED) is 0.462. The Morgan fingerprint density at radius 3 is 2.39 bits per heavy atom. The third kappa shape index (κ3) is 5.08. The molecule has 1 atom stereocenters. The topological polar surface area (TPSA) is 86.2 Å². The number of hydrogen-bond acceptors (Lipinski definition) is 5. The number of amidine groups is 1. The predicted molar refractivity (Wildman–Crippen MR) is 106 cm³/mol. The van der Waals surface area contributed by atoms with Crippen molar-refractivity contribution in [3.05, 3.63) is 87.1 Å². The standard InChI is InChI=1S/C20H19N3O3S.BrH/c1-13-18(14(2)24)19(16-6-4-3-5-7-16)22-20(21-13)27-12-15-8-10-17(11-9-15)23(25)26;/h3-11,19H,12H2,1-2H3,(H,21,22);1H. The van der Waals surface area contributed by atoms with E-state index in [1.807, 2.05) is 37.3 Å². The van der Waals surface area contributed by atoms with Crippen LogP contribution in [0.3, 0.4) is 0 Å². The molecule has 146 valence electrons. The molecular formula is C20H20BrN3O3S. The van der Waals surface area contributed by atoms with E-state index < -0.39 is 4.92 Å². The molecule has 2 aromatic rings. The Kier molecular flexibility index (Phi) is 7.53. The van der Waals surface area contributed by atoms with Gasteiger partial charge in [-0.2, -0.15) is 0 Å². The minimum Gasteiger partial charge on any atom is -1.00 e. The lowest BCUT2D eigenvalue weighted by atomic mass is 9.94. The van der Waals surface area contributed by atoms with Gasteiger partial charge in [-0.25, -0.2) is 5.32 Å². The molecule has 3 rings (SSSR count). The van der Waals surface area contributed by atoms with Gasteiger partial charge in [0.1, 0.15) is 5.70 Å². The molecule has 1 aliphatic heterocycles. The summed E-state index contributed by atoms with van der Waals surface area (Å²) < 4.78 is 0. The van der Waals surface area contributed by atoms with E-state index in [4.69, 9.17) is 0 Å². The average molecular weight is 462 g/mol. The molecular weight excluding hydrogens is 442 g/mol. The number of nitro groups is 1. The van der Waals surface area contributed by atoms with Crippen LogP contribution in [-0.4, -0.2) is 15.9 Å². The summed E-state index contributed by atoms with van der Waals surface area (Å²) in [6.07, 6.45) is 0. The summed E-state index contributed by atoms with van der Waals surface area (Å²) in [5, 5.41) is 14.9. The first kappa shape index (κ1) is 21.8. The van der Waals surface area contributed by atoms with Gasteiger partial charge in [-0.15, -0.1) is 0 Å². The van der Waals surface area contributed by atoms with Crippen LogP contribution in [0.2, 0.25) is 0 Å². The zero-order chi connectivity index (χ0) is 19.4. The van der Waals surface area contributed by atoms with Crippen molar-refractivity contribution in [2.75, 3.05) is 0 Å². The average Bonchev–Trinajstić information content (AvgIpc) is 2.66. The number of allylic oxidation sites excluding steroid dienone is 1. The number of hydrogen-bond donors (Lipinski definition) is 2. The molecule has 2 N–H and O–H groups in total. The summed E-state index contributed by atoms with van der Waals surface area (Å²) in [6.45, 7) is 3.48. The summed E-state index contributed by atoms with van der Waals surface area (Å²) in [5.74, 6) is 0.679. The summed E-state index contributed by atoms with van der Waals surface area (Å²) in [4.78, 5) is 25.9. The fraction of sp³-hybridized carbons (Fsp3) is 0.200. The lowest BCUT2D eigenvalue weighted by Crippen LogP contribution is -3.00. The van der Waals surface area contributed by atoms with Crippen LogP contribution in [0.25, 0.3) is 0 Å². The molecule has 0 aromatic heterocycles. The second kappa shape index (κ2) is 9.66. The predicted octanol–water partition coefficient (Wildman–Crippen LogP) is -0.524. The minimum atomic E-state index is -0.405. The number of rotatable bonds is 5. The smallest absolute Gasteiger partial charge is 0.310 e. The van der Waals surface area contributed by atoms with Crippen molar-refractivity contribution in [1.82, 2.24) is 5.32 Å². The van der Waals surface area contributed by atoms with Crippen LogP contribution < -0.4 is 27.3 Å². The minimum absolute atomic E-state index is 0. The van der Waals surface area contributed by atoms with Gasteiger partial charge in [-0.1, -0.05) is 42.5 Å². The van der Waals surface area contributed by atoms with Gasteiger partial charge in [0.25, 0.3) is 5.69 Å². The van der Waals surface area contributed by atoms with Crippen LogP contribution in [0, 0.1) is 10.1 Å². The van der Waals surface area contributed by atoms with E-state index in [1.54, 1.807) is 30.8 Å². The Balaban J connectivity index is 0.00000280. The monoisotopic (exact) mass is 461 g/mol.